The lowest BCUT2D eigenvalue weighted by Crippen LogP contribution is -2.21. The topological polar surface area (TPSA) is 126 Å². The van der Waals surface area contributed by atoms with Crippen molar-refractivity contribution < 1.29 is 24.0 Å². The molecule has 178 valence electrons. The number of anilines is 1. The highest BCUT2D eigenvalue weighted by Gasteiger charge is 2.22. The molecule has 0 radical (unpaired) electrons. The number of aromatic nitrogens is 2. The molecule has 0 aliphatic carbocycles. The Balaban J connectivity index is 1.48. The summed E-state index contributed by atoms with van der Waals surface area (Å²) in [6.07, 6.45) is 1.58. The zero-order valence-electron chi connectivity index (χ0n) is 18.5. The summed E-state index contributed by atoms with van der Waals surface area (Å²) in [6, 6.07) is 17.4. The van der Waals surface area contributed by atoms with Crippen LogP contribution < -0.4 is 10.1 Å². The molecule has 11 heteroatoms. The number of nitrogens with zero attached hydrogens (tertiary/aromatic N) is 3. The summed E-state index contributed by atoms with van der Waals surface area (Å²) >= 11 is 1.42. The van der Waals surface area contributed by atoms with Gasteiger partial charge < -0.3 is 14.8 Å². The summed E-state index contributed by atoms with van der Waals surface area (Å²) in [5, 5.41) is 20.1. The molecule has 0 spiro atoms. The van der Waals surface area contributed by atoms with Gasteiger partial charge in [0, 0.05) is 6.20 Å². The number of rotatable bonds is 9. The molecule has 0 unspecified atom stereocenters. The van der Waals surface area contributed by atoms with Gasteiger partial charge in [-0.15, -0.1) is 11.3 Å². The van der Waals surface area contributed by atoms with E-state index in [0.29, 0.717) is 12.2 Å². The molecule has 4 aromatic rings. The summed E-state index contributed by atoms with van der Waals surface area (Å²) < 4.78 is 11.8. The van der Waals surface area contributed by atoms with Gasteiger partial charge in [-0.1, -0.05) is 36.4 Å². The Morgan fingerprint density at radius 2 is 1.94 bits per heavy atom. The number of nitro groups is 1. The number of esters is 1. The van der Waals surface area contributed by atoms with Gasteiger partial charge in [0.1, 0.15) is 22.7 Å². The van der Waals surface area contributed by atoms with Crippen molar-refractivity contribution in [2.24, 2.45) is 0 Å². The molecule has 1 N–H and O–H groups in total. The van der Waals surface area contributed by atoms with Gasteiger partial charge in [-0.25, -0.2) is 4.79 Å². The van der Waals surface area contributed by atoms with Gasteiger partial charge in [0.2, 0.25) is 0 Å². The number of amides is 1. The highest BCUT2D eigenvalue weighted by atomic mass is 32.1. The Hall–Kier alpha value is -4.51. The first-order valence-corrected chi connectivity index (χ1v) is 11.3. The van der Waals surface area contributed by atoms with Crippen LogP contribution in [0.3, 0.4) is 0 Å². The molecule has 4 rings (SSSR count). The number of benzene rings is 2. The number of methoxy groups -OCH3 is 1. The van der Waals surface area contributed by atoms with E-state index in [1.54, 1.807) is 10.9 Å². The van der Waals surface area contributed by atoms with E-state index in [1.165, 1.54) is 36.6 Å². The lowest BCUT2D eigenvalue weighted by molar-refractivity contribution is -0.384. The van der Waals surface area contributed by atoms with Gasteiger partial charge in [0.25, 0.3) is 11.6 Å². The van der Waals surface area contributed by atoms with Crippen molar-refractivity contribution in [3.05, 3.63) is 93.5 Å². The smallest absolute Gasteiger partial charge is 0.342 e. The number of nitro benzene ring substituents is 1. The molecule has 35 heavy (non-hydrogen) atoms. The van der Waals surface area contributed by atoms with Crippen LogP contribution in [-0.4, -0.2) is 40.3 Å². The maximum absolute atomic E-state index is 12.9. The normalized spacial score (nSPS) is 10.5. The molecule has 2 heterocycles. The lowest BCUT2D eigenvalue weighted by atomic mass is 10.2. The number of hydrogen-bond donors (Lipinski definition) is 1. The zero-order valence-corrected chi connectivity index (χ0v) is 19.4. The monoisotopic (exact) mass is 492 g/mol. The highest BCUT2D eigenvalue weighted by Crippen LogP contribution is 2.29. The first-order chi connectivity index (χ1) is 16.9. The second-order valence-electron chi connectivity index (χ2n) is 7.32. The molecule has 2 aromatic carbocycles. The fourth-order valence-electron chi connectivity index (χ4n) is 3.31. The number of thiophene rings is 1. The average Bonchev–Trinajstić information content (AvgIpc) is 3.53. The van der Waals surface area contributed by atoms with Crippen LogP contribution in [0.15, 0.2) is 72.2 Å². The molecule has 2 aromatic heterocycles. The van der Waals surface area contributed by atoms with Crippen molar-refractivity contribution in [3.8, 4) is 16.3 Å². The minimum atomic E-state index is -0.730. The quantitative estimate of drug-likeness (QED) is 0.209. The van der Waals surface area contributed by atoms with E-state index in [9.17, 15) is 19.7 Å². The SMILES string of the molecule is COc1ccc(NC(=O)COC(=O)c2cn(Cc3ccccc3)nc2-c2cccs2)c([N+](=O)[O-])c1. The van der Waals surface area contributed by atoms with Crippen LogP contribution in [-0.2, 0) is 16.1 Å². The number of carbonyl (C=O) groups excluding carboxylic acids is 2. The third-order valence-corrected chi connectivity index (χ3v) is 5.81. The van der Waals surface area contributed by atoms with E-state index in [2.05, 4.69) is 10.4 Å². The van der Waals surface area contributed by atoms with Crippen LogP contribution in [0.2, 0.25) is 0 Å². The zero-order chi connectivity index (χ0) is 24.8. The van der Waals surface area contributed by atoms with Gasteiger partial charge >= 0.3 is 5.97 Å². The van der Waals surface area contributed by atoms with Crippen LogP contribution in [0.5, 0.6) is 5.75 Å². The van der Waals surface area contributed by atoms with E-state index in [0.717, 1.165) is 10.4 Å². The van der Waals surface area contributed by atoms with E-state index in [4.69, 9.17) is 9.47 Å². The summed E-state index contributed by atoms with van der Waals surface area (Å²) in [7, 11) is 1.38. The lowest BCUT2D eigenvalue weighted by Gasteiger charge is -2.08. The summed E-state index contributed by atoms with van der Waals surface area (Å²) in [5.41, 5.74) is 1.30. The summed E-state index contributed by atoms with van der Waals surface area (Å²) in [4.78, 5) is 36.7. The van der Waals surface area contributed by atoms with Crippen LogP contribution in [0.25, 0.3) is 10.6 Å². The third kappa shape index (κ3) is 5.71. The van der Waals surface area contributed by atoms with Gasteiger partial charge in [-0.3, -0.25) is 19.6 Å². The Kier molecular flexibility index (Phi) is 7.17. The molecule has 0 fully saturated rings. The number of carbonyl (C=O) groups is 2. The maximum Gasteiger partial charge on any atom is 0.342 e. The molecule has 0 aliphatic rings. The second kappa shape index (κ2) is 10.6. The number of ether oxygens (including phenoxy) is 2. The number of nitrogens with one attached hydrogen (secondary N) is 1. The molecule has 0 saturated carbocycles. The van der Waals surface area contributed by atoms with Crippen LogP contribution >= 0.6 is 11.3 Å². The standard InChI is InChI=1S/C24H20N4O6S/c1-33-17-9-10-19(20(12-17)28(31)32)25-22(29)15-34-24(30)18-14-27(13-16-6-3-2-4-7-16)26-23(18)21-8-5-11-35-21/h2-12,14H,13,15H2,1H3,(H,25,29). The minimum absolute atomic E-state index is 0.0354. The largest absolute Gasteiger partial charge is 0.496 e. The molecular weight excluding hydrogens is 472 g/mol. The maximum atomic E-state index is 12.9. The molecular formula is C24H20N4O6S. The molecule has 10 nitrogen and oxygen atoms in total. The fraction of sp³-hybridized carbons (Fsp3) is 0.125. The van der Waals surface area contributed by atoms with Crippen LogP contribution in [0.4, 0.5) is 11.4 Å². The van der Waals surface area contributed by atoms with Crippen molar-refractivity contribution in [3.63, 3.8) is 0 Å². The predicted molar refractivity (Wildman–Crippen MR) is 130 cm³/mol. The Bertz CT molecular complexity index is 1350. The van der Waals surface area contributed by atoms with Gasteiger partial charge in [0.05, 0.1) is 29.5 Å². The van der Waals surface area contributed by atoms with E-state index >= 15 is 0 Å². The Labute approximate surface area is 203 Å². The molecule has 0 bridgehead atoms. The Morgan fingerprint density at radius 1 is 1.14 bits per heavy atom. The van der Waals surface area contributed by atoms with Crippen molar-refractivity contribution >= 4 is 34.6 Å². The summed E-state index contributed by atoms with van der Waals surface area (Å²) in [5.74, 6) is -1.18. The molecule has 1 amide bonds. The summed E-state index contributed by atoms with van der Waals surface area (Å²) in [6.45, 7) is -0.177. The second-order valence-corrected chi connectivity index (χ2v) is 8.26. The van der Waals surface area contributed by atoms with Crippen molar-refractivity contribution in [2.75, 3.05) is 19.0 Å². The minimum Gasteiger partial charge on any atom is -0.496 e. The van der Waals surface area contributed by atoms with Gasteiger partial charge in [0.15, 0.2) is 6.61 Å². The van der Waals surface area contributed by atoms with Crippen LogP contribution in [0.1, 0.15) is 15.9 Å². The van der Waals surface area contributed by atoms with Crippen molar-refractivity contribution in [1.82, 2.24) is 9.78 Å². The predicted octanol–water partition coefficient (Wildman–Crippen LogP) is 4.37. The Morgan fingerprint density at radius 3 is 2.63 bits per heavy atom. The first-order valence-electron chi connectivity index (χ1n) is 10.4. The van der Waals surface area contributed by atoms with E-state index in [-0.39, 0.29) is 22.7 Å². The van der Waals surface area contributed by atoms with Crippen molar-refractivity contribution in [1.29, 1.82) is 0 Å². The van der Waals surface area contributed by atoms with Gasteiger partial charge in [-0.05, 0) is 29.1 Å². The van der Waals surface area contributed by atoms with Gasteiger partial charge in [-0.2, -0.15) is 5.10 Å². The fourth-order valence-corrected chi connectivity index (χ4v) is 4.03. The van der Waals surface area contributed by atoms with E-state index in [1.807, 2.05) is 47.8 Å². The number of hydrogen-bond acceptors (Lipinski definition) is 8. The first kappa shape index (κ1) is 23.6. The molecule has 0 aliphatic heterocycles. The average molecular weight is 493 g/mol. The van der Waals surface area contributed by atoms with Crippen molar-refractivity contribution in [2.45, 2.75) is 6.54 Å². The molecule has 0 saturated heterocycles. The molecule has 0 atom stereocenters. The highest BCUT2D eigenvalue weighted by molar-refractivity contribution is 7.13. The van der Waals surface area contributed by atoms with E-state index < -0.39 is 23.4 Å². The third-order valence-electron chi connectivity index (χ3n) is 4.93. The van der Waals surface area contributed by atoms with Crippen LogP contribution in [0, 0.1) is 10.1 Å².